The van der Waals surface area contributed by atoms with Crippen LogP contribution in [0.25, 0.3) is 0 Å². The minimum absolute atomic E-state index is 0.256. The lowest BCUT2D eigenvalue weighted by molar-refractivity contribution is -0.128. The predicted octanol–water partition coefficient (Wildman–Crippen LogP) is 3.37. The number of aryl methyl sites for hydroxylation is 1. The van der Waals surface area contributed by atoms with Gasteiger partial charge in [0.05, 0.1) is 6.54 Å². The lowest BCUT2D eigenvalue weighted by Crippen LogP contribution is -2.37. The van der Waals surface area contributed by atoms with E-state index in [1.165, 1.54) is 16.7 Å². The Morgan fingerprint density at radius 3 is 2.43 bits per heavy atom. The molecule has 2 N–H and O–H groups in total. The van der Waals surface area contributed by atoms with E-state index in [9.17, 15) is 4.79 Å². The highest BCUT2D eigenvalue weighted by atomic mass is 16.2. The first-order chi connectivity index (χ1) is 13.7. The van der Waals surface area contributed by atoms with E-state index in [0.29, 0.717) is 19.5 Å². The highest BCUT2D eigenvalue weighted by Gasteiger charge is 2.20. The smallest absolute Gasteiger partial charge is 0.222 e. The van der Waals surface area contributed by atoms with Crippen LogP contribution in [-0.4, -0.2) is 29.9 Å². The normalized spacial score (nSPS) is 14.4. The first-order valence-corrected chi connectivity index (χ1v) is 10.1. The minimum Gasteiger partial charge on any atom is -0.357 e. The van der Waals surface area contributed by atoms with Crippen molar-refractivity contribution >= 4 is 11.9 Å². The standard InChI is InChI=1S/C23H30N4O/c1-3-24-23(25-15-19-10-5-4-9-18(19)2)26-16-20-11-6-7-12-21(20)17-27-14-8-13-22(27)28/h4-7,9-12H,3,8,13-17H2,1-2H3,(H2,24,25,26). The summed E-state index contributed by atoms with van der Waals surface area (Å²) in [5.41, 5.74) is 4.87. The molecule has 0 bridgehead atoms. The van der Waals surface area contributed by atoms with Gasteiger partial charge in [-0.15, -0.1) is 0 Å². The van der Waals surface area contributed by atoms with Gasteiger partial charge in [-0.05, 0) is 42.5 Å². The summed E-state index contributed by atoms with van der Waals surface area (Å²) in [6.45, 7) is 7.86. The molecule has 0 unspecified atom stereocenters. The molecule has 28 heavy (non-hydrogen) atoms. The van der Waals surface area contributed by atoms with E-state index >= 15 is 0 Å². The van der Waals surface area contributed by atoms with Crippen LogP contribution in [0.15, 0.2) is 53.5 Å². The zero-order valence-corrected chi connectivity index (χ0v) is 16.9. The van der Waals surface area contributed by atoms with Crippen molar-refractivity contribution in [3.05, 3.63) is 70.8 Å². The molecule has 1 fully saturated rings. The Morgan fingerprint density at radius 2 is 1.75 bits per heavy atom. The van der Waals surface area contributed by atoms with E-state index in [-0.39, 0.29) is 5.91 Å². The van der Waals surface area contributed by atoms with Gasteiger partial charge in [-0.25, -0.2) is 4.99 Å². The Morgan fingerprint density at radius 1 is 1.04 bits per heavy atom. The topological polar surface area (TPSA) is 56.7 Å². The minimum atomic E-state index is 0.256. The Kier molecular flexibility index (Phi) is 7.06. The second-order valence-electron chi connectivity index (χ2n) is 7.16. The quantitative estimate of drug-likeness (QED) is 0.574. The van der Waals surface area contributed by atoms with Crippen molar-refractivity contribution < 1.29 is 4.79 Å². The number of carbonyl (C=O) groups is 1. The number of aliphatic imine (C=N–C) groups is 1. The van der Waals surface area contributed by atoms with Crippen molar-refractivity contribution in [1.82, 2.24) is 15.5 Å². The molecule has 5 heteroatoms. The molecule has 2 aromatic carbocycles. The zero-order chi connectivity index (χ0) is 19.8. The maximum absolute atomic E-state index is 12.0. The molecule has 1 aliphatic rings. The fourth-order valence-electron chi connectivity index (χ4n) is 3.44. The second kappa shape index (κ2) is 9.93. The molecule has 0 spiro atoms. The first-order valence-electron chi connectivity index (χ1n) is 10.1. The number of nitrogens with one attached hydrogen (secondary N) is 2. The lowest BCUT2D eigenvalue weighted by atomic mass is 10.1. The summed E-state index contributed by atoms with van der Waals surface area (Å²) in [6.07, 6.45) is 1.64. The number of guanidine groups is 1. The number of nitrogens with zero attached hydrogens (tertiary/aromatic N) is 2. The van der Waals surface area contributed by atoms with Crippen LogP contribution in [0.5, 0.6) is 0 Å². The molecule has 0 saturated carbocycles. The predicted molar refractivity (Wildman–Crippen MR) is 114 cm³/mol. The van der Waals surface area contributed by atoms with E-state index in [0.717, 1.165) is 37.6 Å². The summed E-state index contributed by atoms with van der Waals surface area (Å²) >= 11 is 0. The zero-order valence-electron chi connectivity index (χ0n) is 16.9. The number of hydrogen-bond acceptors (Lipinski definition) is 2. The van der Waals surface area contributed by atoms with Crippen molar-refractivity contribution in [2.24, 2.45) is 4.99 Å². The van der Waals surface area contributed by atoms with Gasteiger partial charge >= 0.3 is 0 Å². The average Bonchev–Trinajstić information content (AvgIpc) is 3.11. The van der Waals surface area contributed by atoms with Gasteiger partial charge in [0.1, 0.15) is 0 Å². The molecule has 1 amide bonds. The third-order valence-corrected chi connectivity index (χ3v) is 5.11. The summed E-state index contributed by atoms with van der Waals surface area (Å²) in [5.74, 6) is 1.06. The van der Waals surface area contributed by atoms with Crippen molar-refractivity contribution in [2.75, 3.05) is 13.1 Å². The fraction of sp³-hybridized carbons (Fsp3) is 0.391. The average molecular weight is 379 g/mol. The highest BCUT2D eigenvalue weighted by Crippen LogP contribution is 2.18. The van der Waals surface area contributed by atoms with E-state index < -0.39 is 0 Å². The van der Waals surface area contributed by atoms with Crippen LogP contribution in [0.3, 0.4) is 0 Å². The van der Waals surface area contributed by atoms with Crippen LogP contribution in [0, 0.1) is 6.92 Å². The number of benzene rings is 2. The fourth-order valence-corrected chi connectivity index (χ4v) is 3.44. The van der Waals surface area contributed by atoms with Crippen LogP contribution in [-0.2, 0) is 24.4 Å². The van der Waals surface area contributed by atoms with Crippen LogP contribution in [0.1, 0.15) is 42.0 Å². The summed E-state index contributed by atoms with van der Waals surface area (Å²) in [6, 6.07) is 16.6. The Bertz CT molecular complexity index is 831. The third kappa shape index (κ3) is 5.35. The van der Waals surface area contributed by atoms with Gasteiger partial charge in [0, 0.05) is 32.6 Å². The molecule has 148 valence electrons. The maximum atomic E-state index is 12.0. The SMILES string of the molecule is CCNC(=NCc1ccccc1CN1CCCC1=O)NCc1ccccc1C. The number of amides is 1. The third-order valence-electron chi connectivity index (χ3n) is 5.11. The largest absolute Gasteiger partial charge is 0.357 e. The van der Waals surface area contributed by atoms with E-state index in [2.05, 4.69) is 60.9 Å². The van der Waals surface area contributed by atoms with Crippen LogP contribution in [0.2, 0.25) is 0 Å². The van der Waals surface area contributed by atoms with Crippen LogP contribution in [0.4, 0.5) is 0 Å². The molecule has 2 aromatic rings. The molecule has 1 heterocycles. The van der Waals surface area contributed by atoms with Gasteiger partial charge in [-0.2, -0.15) is 0 Å². The monoisotopic (exact) mass is 378 g/mol. The van der Waals surface area contributed by atoms with Crippen molar-refractivity contribution in [2.45, 2.75) is 46.3 Å². The molecule has 5 nitrogen and oxygen atoms in total. The number of hydrogen-bond donors (Lipinski definition) is 2. The second-order valence-corrected chi connectivity index (χ2v) is 7.16. The molecule has 3 rings (SSSR count). The summed E-state index contributed by atoms with van der Waals surface area (Å²) < 4.78 is 0. The van der Waals surface area contributed by atoms with Crippen LogP contribution >= 0.6 is 0 Å². The van der Waals surface area contributed by atoms with E-state index in [4.69, 9.17) is 4.99 Å². The van der Waals surface area contributed by atoms with E-state index in [1.807, 2.05) is 17.0 Å². The summed E-state index contributed by atoms with van der Waals surface area (Å²) in [5, 5.41) is 6.74. The van der Waals surface area contributed by atoms with Crippen molar-refractivity contribution in [3.8, 4) is 0 Å². The molecule has 1 saturated heterocycles. The molecule has 0 radical (unpaired) electrons. The Hall–Kier alpha value is -2.82. The molecule has 0 aliphatic carbocycles. The molecule has 0 atom stereocenters. The lowest BCUT2D eigenvalue weighted by Gasteiger charge is -2.18. The van der Waals surface area contributed by atoms with Crippen molar-refractivity contribution in [1.29, 1.82) is 0 Å². The molecular weight excluding hydrogens is 348 g/mol. The van der Waals surface area contributed by atoms with Gasteiger partial charge in [-0.3, -0.25) is 4.79 Å². The summed E-state index contributed by atoms with van der Waals surface area (Å²) in [7, 11) is 0. The number of rotatable bonds is 7. The molecule has 0 aromatic heterocycles. The van der Waals surface area contributed by atoms with Crippen molar-refractivity contribution in [3.63, 3.8) is 0 Å². The van der Waals surface area contributed by atoms with Gasteiger partial charge in [-0.1, -0.05) is 48.5 Å². The Labute approximate surface area is 167 Å². The molecular formula is C23H30N4O. The highest BCUT2D eigenvalue weighted by molar-refractivity contribution is 5.80. The first kappa shape index (κ1) is 19.9. The van der Waals surface area contributed by atoms with Gasteiger partial charge < -0.3 is 15.5 Å². The van der Waals surface area contributed by atoms with Gasteiger partial charge in [0.25, 0.3) is 0 Å². The molecule has 1 aliphatic heterocycles. The summed E-state index contributed by atoms with van der Waals surface area (Å²) in [4.78, 5) is 18.7. The van der Waals surface area contributed by atoms with E-state index in [1.54, 1.807) is 0 Å². The maximum Gasteiger partial charge on any atom is 0.222 e. The van der Waals surface area contributed by atoms with Crippen LogP contribution < -0.4 is 10.6 Å². The van der Waals surface area contributed by atoms with Gasteiger partial charge in [0.2, 0.25) is 5.91 Å². The number of likely N-dealkylation sites (tertiary alicyclic amines) is 1. The number of carbonyl (C=O) groups excluding carboxylic acids is 1. The Balaban J connectivity index is 1.67. The van der Waals surface area contributed by atoms with Gasteiger partial charge in [0.15, 0.2) is 5.96 Å².